The molecule has 1 aromatic rings. The number of carbonyl (C=O) groups excluding carboxylic acids is 1. The molecule has 1 atom stereocenters. The lowest BCUT2D eigenvalue weighted by molar-refractivity contribution is -0.125. The molecule has 76 valence electrons. The maximum atomic E-state index is 10.5. The Morgan fingerprint density at radius 1 is 1.79 bits per heavy atom. The quantitative estimate of drug-likeness (QED) is 0.617. The van der Waals surface area contributed by atoms with Gasteiger partial charge in [-0.2, -0.15) is 0 Å². The smallest absolute Gasteiger partial charge is 0.248 e. The van der Waals surface area contributed by atoms with E-state index in [0.29, 0.717) is 10.8 Å². The van der Waals surface area contributed by atoms with Crippen LogP contribution in [0, 0.1) is 0 Å². The van der Waals surface area contributed by atoms with E-state index in [9.17, 15) is 4.79 Å². The molecule has 1 heterocycles. The molecule has 4 N–H and O–H groups in total. The zero-order valence-corrected chi connectivity index (χ0v) is 8.03. The number of aromatic nitrogens is 1. The van der Waals surface area contributed by atoms with E-state index in [0.717, 1.165) is 0 Å². The Balaban J connectivity index is 2.49. The summed E-state index contributed by atoms with van der Waals surface area (Å²) in [7, 11) is 0. The number of nitrogens with one attached hydrogen (secondary N) is 1. The first-order chi connectivity index (χ1) is 6.59. The van der Waals surface area contributed by atoms with Gasteiger partial charge < -0.3 is 16.2 Å². The maximum absolute atomic E-state index is 10.5. The number of hydrogen-bond donors (Lipinski definition) is 3. The minimum Gasteiger partial charge on any atom is -0.382 e. The summed E-state index contributed by atoms with van der Waals surface area (Å²) in [6.45, 7) is 0.0513. The molecule has 1 amide bonds. The summed E-state index contributed by atoms with van der Waals surface area (Å²) < 4.78 is 0. The van der Waals surface area contributed by atoms with E-state index in [1.54, 1.807) is 12.1 Å². The first-order valence-corrected chi connectivity index (χ1v) is 4.30. The van der Waals surface area contributed by atoms with E-state index in [-0.39, 0.29) is 6.54 Å². The minimum absolute atomic E-state index is 0.0513. The van der Waals surface area contributed by atoms with Crippen molar-refractivity contribution in [3.8, 4) is 0 Å². The van der Waals surface area contributed by atoms with Crippen LogP contribution in [-0.2, 0) is 4.79 Å². The van der Waals surface area contributed by atoms with Crippen LogP contribution in [-0.4, -0.2) is 28.6 Å². The standard InChI is InChI=1S/C8H10ClN3O2/c9-7-3-5(1-2-11-7)12-4-6(13)8(10)14/h1-3,6,13H,4H2,(H2,10,14)(H,11,12). The molecule has 0 aliphatic rings. The zero-order valence-electron chi connectivity index (χ0n) is 7.27. The molecule has 1 aromatic heterocycles. The summed E-state index contributed by atoms with van der Waals surface area (Å²) in [4.78, 5) is 14.3. The van der Waals surface area contributed by atoms with Crippen LogP contribution in [0.2, 0.25) is 5.15 Å². The molecule has 5 nitrogen and oxygen atoms in total. The van der Waals surface area contributed by atoms with E-state index in [1.807, 2.05) is 0 Å². The van der Waals surface area contributed by atoms with E-state index in [4.69, 9.17) is 22.4 Å². The van der Waals surface area contributed by atoms with Gasteiger partial charge in [0, 0.05) is 18.4 Å². The third kappa shape index (κ3) is 3.20. The van der Waals surface area contributed by atoms with E-state index in [2.05, 4.69) is 10.3 Å². The first kappa shape index (κ1) is 10.7. The number of amides is 1. The van der Waals surface area contributed by atoms with Crippen molar-refractivity contribution >= 4 is 23.2 Å². The fourth-order valence-corrected chi connectivity index (χ4v) is 1.00. The summed E-state index contributed by atoms with van der Waals surface area (Å²) in [6.07, 6.45) is 0.309. The number of nitrogens with two attached hydrogens (primary N) is 1. The molecular weight excluding hydrogens is 206 g/mol. The van der Waals surface area contributed by atoms with Gasteiger partial charge in [0.15, 0.2) is 0 Å². The van der Waals surface area contributed by atoms with Crippen LogP contribution in [0.4, 0.5) is 5.69 Å². The van der Waals surface area contributed by atoms with E-state index < -0.39 is 12.0 Å². The van der Waals surface area contributed by atoms with Crippen LogP contribution in [0.1, 0.15) is 0 Å². The average Bonchev–Trinajstić information content (AvgIpc) is 2.14. The summed E-state index contributed by atoms with van der Waals surface area (Å²) >= 11 is 5.62. The Hall–Kier alpha value is -1.33. The van der Waals surface area contributed by atoms with Crippen molar-refractivity contribution in [2.75, 3.05) is 11.9 Å². The van der Waals surface area contributed by atoms with Crippen molar-refractivity contribution in [1.29, 1.82) is 0 Å². The highest BCUT2D eigenvalue weighted by molar-refractivity contribution is 6.29. The lowest BCUT2D eigenvalue weighted by atomic mass is 10.3. The van der Waals surface area contributed by atoms with Crippen molar-refractivity contribution in [1.82, 2.24) is 4.98 Å². The number of aliphatic hydroxyl groups is 1. The van der Waals surface area contributed by atoms with Crippen molar-refractivity contribution < 1.29 is 9.90 Å². The number of pyridine rings is 1. The van der Waals surface area contributed by atoms with Gasteiger partial charge in [-0.05, 0) is 12.1 Å². The van der Waals surface area contributed by atoms with Crippen LogP contribution in [0.5, 0.6) is 0 Å². The highest BCUT2D eigenvalue weighted by Crippen LogP contribution is 2.11. The molecular formula is C8H10ClN3O2. The number of nitrogens with zero attached hydrogens (tertiary/aromatic N) is 1. The maximum Gasteiger partial charge on any atom is 0.248 e. The normalized spacial score (nSPS) is 12.1. The summed E-state index contributed by atoms with van der Waals surface area (Å²) in [6, 6.07) is 3.24. The largest absolute Gasteiger partial charge is 0.382 e. The third-order valence-corrected chi connectivity index (χ3v) is 1.76. The highest BCUT2D eigenvalue weighted by Gasteiger charge is 2.09. The SMILES string of the molecule is NC(=O)C(O)CNc1ccnc(Cl)c1. The number of halogens is 1. The van der Waals surface area contributed by atoms with Crippen LogP contribution in [0.3, 0.4) is 0 Å². The zero-order chi connectivity index (χ0) is 10.6. The Labute approximate surface area is 85.9 Å². The monoisotopic (exact) mass is 215 g/mol. The van der Waals surface area contributed by atoms with Gasteiger partial charge >= 0.3 is 0 Å². The Morgan fingerprint density at radius 3 is 3.07 bits per heavy atom. The molecule has 0 bridgehead atoms. The van der Waals surface area contributed by atoms with Gasteiger partial charge in [-0.1, -0.05) is 11.6 Å². The van der Waals surface area contributed by atoms with Gasteiger partial charge in [0.25, 0.3) is 0 Å². The Morgan fingerprint density at radius 2 is 2.50 bits per heavy atom. The molecule has 0 radical (unpaired) electrons. The van der Waals surface area contributed by atoms with E-state index in [1.165, 1.54) is 6.20 Å². The molecule has 1 rings (SSSR count). The number of anilines is 1. The Bertz CT molecular complexity index is 332. The fraction of sp³-hybridized carbons (Fsp3) is 0.250. The number of hydrogen-bond acceptors (Lipinski definition) is 4. The van der Waals surface area contributed by atoms with Crippen LogP contribution in [0.25, 0.3) is 0 Å². The van der Waals surface area contributed by atoms with E-state index >= 15 is 0 Å². The van der Waals surface area contributed by atoms with Crippen LogP contribution < -0.4 is 11.1 Å². The molecule has 0 saturated carbocycles. The molecule has 0 saturated heterocycles. The second kappa shape index (κ2) is 4.78. The Kier molecular flexibility index (Phi) is 3.67. The number of primary amides is 1. The van der Waals surface area contributed by atoms with Crippen LogP contribution >= 0.6 is 11.6 Å². The van der Waals surface area contributed by atoms with Gasteiger partial charge in [0.1, 0.15) is 11.3 Å². The van der Waals surface area contributed by atoms with Gasteiger partial charge in [0.2, 0.25) is 5.91 Å². The molecule has 14 heavy (non-hydrogen) atoms. The lowest BCUT2D eigenvalue weighted by Crippen LogP contribution is -2.34. The predicted octanol–water partition coefficient (Wildman–Crippen LogP) is -0.00690. The molecule has 0 aliphatic heterocycles. The molecule has 1 unspecified atom stereocenters. The lowest BCUT2D eigenvalue weighted by Gasteiger charge is -2.09. The molecule has 0 aliphatic carbocycles. The molecule has 0 fully saturated rings. The van der Waals surface area contributed by atoms with Gasteiger partial charge in [-0.15, -0.1) is 0 Å². The van der Waals surface area contributed by atoms with Gasteiger partial charge in [-0.25, -0.2) is 4.98 Å². The van der Waals surface area contributed by atoms with Gasteiger partial charge in [0.05, 0.1) is 0 Å². The van der Waals surface area contributed by atoms with Crippen molar-refractivity contribution in [2.45, 2.75) is 6.10 Å². The highest BCUT2D eigenvalue weighted by atomic mass is 35.5. The second-order valence-electron chi connectivity index (χ2n) is 2.67. The number of carbonyl (C=O) groups is 1. The fourth-order valence-electron chi connectivity index (χ4n) is 0.828. The third-order valence-electron chi connectivity index (χ3n) is 1.55. The molecule has 6 heteroatoms. The topological polar surface area (TPSA) is 88.2 Å². The second-order valence-corrected chi connectivity index (χ2v) is 3.05. The number of aliphatic hydroxyl groups excluding tert-OH is 1. The molecule has 0 spiro atoms. The van der Waals surface area contributed by atoms with Gasteiger partial charge in [-0.3, -0.25) is 4.79 Å². The minimum atomic E-state index is -1.21. The predicted molar refractivity (Wildman–Crippen MR) is 52.9 cm³/mol. The summed E-state index contributed by atoms with van der Waals surface area (Å²) in [5, 5.41) is 12.2. The summed E-state index contributed by atoms with van der Waals surface area (Å²) in [5.74, 6) is -0.766. The first-order valence-electron chi connectivity index (χ1n) is 3.92. The van der Waals surface area contributed by atoms with Crippen molar-refractivity contribution in [2.24, 2.45) is 5.73 Å². The van der Waals surface area contributed by atoms with Crippen molar-refractivity contribution in [3.63, 3.8) is 0 Å². The summed E-state index contributed by atoms with van der Waals surface area (Å²) in [5.41, 5.74) is 5.53. The number of rotatable bonds is 4. The van der Waals surface area contributed by atoms with Crippen molar-refractivity contribution in [3.05, 3.63) is 23.5 Å². The van der Waals surface area contributed by atoms with Crippen LogP contribution in [0.15, 0.2) is 18.3 Å². The molecule has 0 aromatic carbocycles. The average molecular weight is 216 g/mol.